The molecule has 1 aliphatic rings. The molecule has 2 heterocycles. The van der Waals surface area contributed by atoms with Crippen molar-refractivity contribution in [1.82, 2.24) is 10.3 Å². The van der Waals surface area contributed by atoms with E-state index in [4.69, 9.17) is 4.74 Å². The van der Waals surface area contributed by atoms with Crippen LogP contribution in [-0.4, -0.2) is 18.6 Å². The average molecular weight is 232 g/mol. The van der Waals surface area contributed by atoms with Crippen molar-refractivity contribution in [3.8, 4) is 5.88 Å². The summed E-state index contributed by atoms with van der Waals surface area (Å²) in [4.78, 5) is 3.50. The summed E-state index contributed by atoms with van der Waals surface area (Å²) in [6, 6.07) is 2.42. The minimum atomic E-state index is -4.43. The molecule has 0 saturated carbocycles. The van der Waals surface area contributed by atoms with E-state index in [2.05, 4.69) is 10.3 Å². The summed E-state index contributed by atoms with van der Waals surface area (Å²) in [6.45, 7) is 0.382. The minimum absolute atomic E-state index is 0.0125. The highest BCUT2D eigenvalue weighted by Gasteiger charge is 2.34. The maximum absolute atomic E-state index is 12.4. The number of aromatic nitrogens is 1. The molecule has 0 aromatic carbocycles. The lowest BCUT2D eigenvalue weighted by molar-refractivity contribution is -0.141. The molecule has 1 atom stereocenters. The molecule has 1 aromatic rings. The van der Waals surface area contributed by atoms with Gasteiger partial charge in [0.05, 0.1) is 6.61 Å². The number of nitrogens with one attached hydrogen (secondary N) is 1. The monoisotopic (exact) mass is 232 g/mol. The van der Waals surface area contributed by atoms with Crippen molar-refractivity contribution in [2.75, 3.05) is 13.7 Å². The summed E-state index contributed by atoms with van der Waals surface area (Å²) in [5, 5.41) is 3.02. The zero-order chi connectivity index (χ0) is 11.8. The minimum Gasteiger partial charge on any atom is -0.477 e. The number of pyridine rings is 1. The SMILES string of the molecule is CNC1CCOc2nc(C(F)(F)F)ccc21. The first-order valence-corrected chi connectivity index (χ1v) is 4.90. The van der Waals surface area contributed by atoms with Crippen LogP contribution in [0, 0.1) is 0 Å². The van der Waals surface area contributed by atoms with Crippen LogP contribution in [0.15, 0.2) is 12.1 Å². The number of ether oxygens (including phenoxy) is 1. The van der Waals surface area contributed by atoms with Crippen molar-refractivity contribution in [3.63, 3.8) is 0 Å². The fourth-order valence-corrected chi connectivity index (χ4v) is 1.72. The Morgan fingerprint density at radius 2 is 2.19 bits per heavy atom. The number of hydrogen-bond acceptors (Lipinski definition) is 3. The van der Waals surface area contributed by atoms with Crippen LogP contribution in [0.5, 0.6) is 5.88 Å². The van der Waals surface area contributed by atoms with Crippen LogP contribution in [0.1, 0.15) is 23.7 Å². The lowest BCUT2D eigenvalue weighted by Crippen LogP contribution is -2.25. The number of rotatable bonds is 1. The Labute approximate surface area is 90.6 Å². The van der Waals surface area contributed by atoms with E-state index < -0.39 is 11.9 Å². The smallest absolute Gasteiger partial charge is 0.433 e. The number of nitrogens with zero attached hydrogens (tertiary/aromatic N) is 1. The summed E-state index contributed by atoms with van der Waals surface area (Å²) in [7, 11) is 1.76. The van der Waals surface area contributed by atoms with Crippen LogP contribution >= 0.6 is 0 Å². The van der Waals surface area contributed by atoms with Gasteiger partial charge in [0.25, 0.3) is 0 Å². The van der Waals surface area contributed by atoms with E-state index in [-0.39, 0.29) is 11.9 Å². The normalized spacial score (nSPS) is 20.1. The molecular weight excluding hydrogens is 221 g/mol. The maximum Gasteiger partial charge on any atom is 0.433 e. The fraction of sp³-hybridized carbons (Fsp3) is 0.500. The van der Waals surface area contributed by atoms with Crippen LogP contribution < -0.4 is 10.1 Å². The fourth-order valence-electron chi connectivity index (χ4n) is 1.72. The molecule has 0 spiro atoms. The van der Waals surface area contributed by atoms with Gasteiger partial charge in [-0.05, 0) is 19.2 Å². The van der Waals surface area contributed by atoms with Gasteiger partial charge in [0.1, 0.15) is 5.69 Å². The molecule has 2 rings (SSSR count). The molecule has 0 amide bonds. The van der Waals surface area contributed by atoms with E-state index in [1.807, 2.05) is 0 Å². The molecule has 1 N–H and O–H groups in total. The van der Waals surface area contributed by atoms with Gasteiger partial charge in [-0.2, -0.15) is 13.2 Å². The van der Waals surface area contributed by atoms with Crippen LogP contribution in [0.4, 0.5) is 13.2 Å². The Kier molecular flexibility index (Phi) is 2.75. The van der Waals surface area contributed by atoms with E-state index in [0.29, 0.717) is 12.2 Å². The topological polar surface area (TPSA) is 34.1 Å². The van der Waals surface area contributed by atoms with Gasteiger partial charge in [-0.15, -0.1) is 0 Å². The molecule has 0 saturated heterocycles. The summed E-state index contributed by atoms with van der Waals surface area (Å²) >= 11 is 0. The van der Waals surface area contributed by atoms with Crippen molar-refractivity contribution in [3.05, 3.63) is 23.4 Å². The van der Waals surface area contributed by atoms with Crippen LogP contribution in [0.2, 0.25) is 0 Å². The van der Waals surface area contributed by atoms with Gasteiger partial charge >= 0.3 is 6.18 Å². The summed E-state index contributed by atoms with van der Waals surface area (Å²) < 4.78 is 42.3. The predicted molar refractivity (Wildman–Crippen MR) is 51.2 cm³/mol. The van der Waals surface area contributed by atoms with Gasteiger partial charge in [-0.1, -0.05) is 0 Å². The van der Waals surface area contributed by atoms with Crippen molar-refractivity contribution in [1.29, 1.82) is 0 Å². The zero-order valence-electron chi connectivity index (χ0n) is 8.64. The van der Waals surface area contributed by atoms with Gasteiger partial charge in [-0.3, -0.25) is 0 Å². The lowest BCUT2D eigenvalue weighted by Gasteiger charge is -2.25. The van der Waals surface area contributed by atoms with Gasteiger partial charge in [0.15, 0.2) is 0 Å². The summed E-state index contributed by atoms with van der Waals surface area (Å²) in [5.41, 5.74) is -0.232. The average Bonchev–Trinajstić information content (AvgIpc) is 2.26. The Morgan fingerprint density at radius 3 is 2.81 bits per heavy atom. The van der Waals surface area contributed by atoms with Crippen molar-refractivity contribution in [2.24, 2.45) is 0 Å². The van der Waals surface area contributed by atoms with Gasteiger partial charge in [0, 0.05) is 18.0 Å². The number of halogens is 3. The van der Waals surface area contributed by atoms with E-state index in [0.717, 1.165) is 12.5 Å². The van der Waals surface area contributed by atoms with Gasteiger partial charge in [0.2, 0.25) is 5.88 Å². The molecule has 0 radical (unpaired) electrons. The van der Waals surface area contributed by atoms with E-state index in [1.165, 1.54) is 6.07 Å². The molecular formula is C10H11F3N2O. The standard InChI is InChI=1S/C10H11F3N2O/c1-14-7-4-5-16-9-6(7)2-3-8(15-9)10(11,12)13/h2-3,7,14H,4-5H2,1H3. The zero-order valence-corrected chi connectivity index (χ0v) is 8.64. The molecule has 1 unspecified atom stereocenters. The molecule has 0 fully saturated rings. The molecule has 16 heavy (non-hydrogen) atoms. The van der Waals surface area contributed by atoms with Crippen molar-refractivity contribution < 1.29 is 17.9 Å². The van der Waals surface area contributed by atoms with Crippen molar-refractivity contribution in [2.45, 2.75) is 18.6 Å². The first-order chi connectivity index (χ1) is 7.52. The molecule has 0 aliphatic carbocycles. The third-order valence-electron chi connectivity index (χ3n) is 2.55. The number of hydrogen-bond donors (Lipinski definition) is 1. The summed E-state index contributed by atoms with van der Waals surface area (Å²) in [6.07, 6.45) is -3.69. The third kappa shape index (κ3) is 1.97. The van der Waals surface area contributed by atoms with Gasteiger partial charge < -0.3 is 10.1 Å². The van der Waals surface area contributed by atoms with Gasteiger partial charge in [-0.25, -0.2) is 4.98 Å². The Morgan fingerprint density at radius 1 is 1.44 bits per heavy atom. The number of fused-ring (bicyclic) bond motifs is 1. The Bertz CT molecular complexity index is 392. The highest BCUT2D eigenvalue weighted by Crippen LogP contribution is 2.34. The summed E-state index contributed by atoms with van der Waals surface area (Å²) in [5.74, 6) is 0.0837. The Balaban J connectivity index is 2.39. The van der Waals surface area contributed by atoms with Crippen LogP contribution in [0.3, 0.4) is 0 Å². The third-order valence-corrected chi connectivity index (χ3v) is 2.55. The molecule has 88 valence electrons. The maximum atomic E-state index is 12.4. The second kappa shape index (κ2) is 3.93. The highest BCUT2D eigenvalue weighted by molar-refractivity contribution is 5.33. The van der Waals surface area contributed by atoms with Crippen molar-refractivity contribution >= 4 is 0 Å². The van der Waals surface area contributed by atoms with E-state index >= 15 is 0 Å². The van der Waals surface area contributed by atoms with E-state index in [9.17, 15) is 13.2 Å². The van der Waals surface area contributed by atoms with Crippen LogP contribution in [-0.2, 0) is 6.18 Å². The first-order valence-electron chi connectivity index (χ1n) is 4.90. The lowest BCUT2D eigenvalue weighted by atomic mass is 10.0. The molecule has 3 nitrogen and oxygen atoms in total. The molecule has 0 bridgehead atoms. The van der Waals surface area contributed by atoms with Crippen LogP contribution in [0.25, 0.3) is 0 Å². The predicted octanol–water partition coefficient (Wildman–Crippen LogP) is 2.14. The number of alkyl halides is 3. The second-order valence-corrected chi connectivity index (χ2v) is 3.57. The quantitative estimate of drug-likeness (QED) is 0.805. The molecule has 1 aliphatic heterocycles. The largest absolute Gasteiger partial charge is 0.477 e. The highest BCUT2D eigenvalue weighted by atomic mass is 19.4. The molecule has 6 heteroatoms. The molecule has 1 aromatic heterocycles. The first kappa shape index (κ1) is 11.2. The Hall–Kier alpha value is -1.30. The van der Waals surface area contributed by atoms with E-state index in [1.54, 1.807) is 7.05 Å². The second-order valence-electron chi connectivity index (χ2n) is 3.57.